The first-order valence-electron chi connectivity index (χ1n) is 11.2. The lowest BCUT2D eigenvalue weighted by Gasteiger charge is -2.33. The molecule has 5 nitrogen and oxygen atoms in total. The number of carbonyl (C=O) groups is 1. The predicted octanol–water partition coefficient (Wildman–Crippen LogP) is 2.89. The Morgan fingerprint density at radius 3 is 2.43 bits per heavy atom. The molecule has 158 valence electrons. The van der Waals surface area contributed by atoms with E-state index in [1.165, 1.54) is 5.56 Å². The van der Waals surface area contributed by atoms with E-state index in [1.54, 1.807) is 0 Å². The lowest BCUT2D eigenvalue weighted by Crippen LogP contribution is -2.50. The van der Waals surface area contributed by atoms with Gasteiger partial charge in [-0.1, -0.05) is 55.3 Å². The number of rotatable bonds is 6. The van der Waals surface area contributed by atoms with Gasteiger partial charge in [0.2, 0.25) is 0 Å². The van der Waals surface area contributed by atoms with Crippen LogP contribution in [0.5, 0.6) is 0 Å². The third-order valence-corrected chi connectivity index (χ3v) is 7.43. The number of hydrogen-bond acceptors (Lipinski definition) is 4. The smallest absolute Gasteiger partial charge is 0.257 e. The van der Waals surface area contributed by atoms with E-state index in [2.05, 4.69) is 16.3 Å². The van der Waals surface area contributed by atoms with Crippen molar-refractivity contribution in [1.29, 1.82) is 0 Å². The maximum atomic E-state index is 13.4. The fourth-order valence-corrected chi connectivity index (χ4v) is 5.76. The molecule has 3 aliphatic rings. The van der Waals surface area contributed by atoms with E-state index in [4.69, 9.17) is 5.73 Å². The average Bonchev–Trinajstić information content (AvgIpc) is 3.17. The Balaban J connectivity index is 1.23. The summed E-state index contributed by atoms with van der Waals surface area (Å²) in [6.45, 7) is 2.87. The number of nitrogens with two attached hydrogens (primary N) is 1. The van der Waals surface area contributed by atoms with Crippen molar-refractivity contribution in [1.82, 2.24) is 10.2 Å². The first-order valence-corrected chi connectivity index (χ1v) is 11.2. The molecule has 1 aliphatic heterocycles. The molecule has 4 N–H and O–H groups in total. The third-order valence-electron chi connectivity index (χ3n) is 7.43. The minimum Gasteiger partial charge on any atom is -0.399 e. The van der Waals surface area contributed by atoms with Crippen LogP contribution in [0.15, 0.2) is 54.6 Å². The minimum absolute atomic E-state index is 0.00136. The number of piperidine rings is 1. The second kappa shape index (κ2) is 7.71. The molecule has 5 heteroatoms. The number of anilines is 1. The maximum Gasteiger partial charge on any atom is 0.257 e. The topological polar surface area (TPSA) is 78.6 Å². The Morgan fingerprint density at radius 2 is 1.77 bits per heavy atom. The number of nitrogens with one attached hydrogen (secondary N) is 1. The molecule has 1 amide bonds. The zero-order chi connectivity index (χ0) is 20.7. The Kier molecular flexibility index (Phi) is 5.03. The first kappa shape index (κ1) is 19.6. The highest BCUT2D eigenvalue weighted by atomic mass is 16.3. The normalized spacial score (nSPS) is 28.1. The van der Waals surface area contributed by atoms with Crippen molar-refractivity contribution in [2.45, 2.75) is 43.9 Å². The van der Waals surface area contributed by atoms with Crippen molar-refractivity contribution in [2.24, 2.45) is 17.8 Å². The molecule has 0 radical (unpaired) electrons. The summed E-state index contributed by atoms with van der Waals surface area (Å²) >= 11 is 0. The van der Waals surface area contributed by atoms with E-state index in [9.17, 15) is 9.90 Å². The number of carbonyl (C=O) groups excluding carboxylic acids is 1. The summed E-state index contributed by atoms with van der Waals surface area (Å²) in [5.41, 5.74) is 7.23. The molecule has 3 fully saturated rings. The van der Waals surface area contributed by atoms with Gasteiger partial charge < -0.3 is 16.2 Å². The quantitative estimate of drug-likeness (QED) is 0.646. The van der Waals surface area contributed by atoms with Crippen LogP contribution in [0.25, 0.3) is 0 Å². The number of hydrogen-bond donors (Lipinski definition) is 3. The van der Waals surface area contributed by atoms with Gasteiger partial charge in [0.1, 0.15) is 0 Å². The molecule has 5 rings (SSSR count). The highest BCUT2D eigenvalue weighted by Crippen LogP contribution is 2.47. The van der Waals surface area contributed by atoms with Gasteiger partial charge in [0.05, 0.1) is 0 Å². The molecule has 0 spiro atoms. The zero-order valence-corrected chi connectivity index (χ0v) is 17.3. The summed E-state index contributed by atoms with van der Waals surface area (Å²) in [7, 11) is 0. The van der Waals surface area contributed by atoms with Crippen molar-refractivity contribution in [3.05, 3.63) is 65.7 Å². The number of likely N-dealkylation sites (tertiary alicyclic amines) is 1. The lowest BCUT2D eigenvalue weighted by molar-refractivity contribution is -0.147. The van der Waals surface area contributed by atoms with Crippen LogP contribution in [0.3, 0.4) is 0 Å². The second-order valence-corrected chi connectivity index (χ2v) is 9.38. The van der Waals surface area contributed by atoms with Gasteiger partial charge >= 0.3 is 0 Å². The van der Waals surface area contributed by atoms with Crippen LogP contribution in [0.2, 0.25) is 0 Å². The Bertz CT molecular complexity index is 900. The summed E-state index contributed by atoms with van der Waals surface area (Å²) < 4.78 is 0. The van der Waals surface area contributed by atoms with E-state index >= 15 is 0 Å². The van der Waals surface area contributed by atoms with Crippen molar-refractivity contribution < 1.29 is 9.90 Å². The van der Waals surface area contributed by atoms with E-state index in [1.807, 2.05) is 48.5 Å². The zero-order valence-electron chi connectivity index (χ0n) is 17.3. The molecule has 3 unspecified atom stereocenters. The molecular weight excluding hydrogens is 374 g/mol. The van der Waals surface area contributed by atoms with Crippen LogP contribution >= 0.6 is 0 Å². The molecule has 2 aromatic rings. The number of nitrogen functional groups attached to an aromatic ring is 1. The number of aliphatic hydroxyl groups is 1. The second-order valence-electron chi connectivity index (χ2n) is 9.38. The maximum absolute atomic E-state index is 13.4. The van der Waals surface area contributed by atoms with Crippen LogP contribution in [0.4, 0.5) is 5.69 Å². The number of benzene rings is 2. The number of fused-ring (bicyclic) bond motifs is 1. The summed E-state index contributed by atoms with van der Waals surface area (Å²) in [6, 6.07) is 17.8. The molecule has 0 aromatic heterocycles. The van der Waals surface area contributed by atoms with Gasteiger partial charge in [-0.2, -0.15) is 0 Å². The molecule has 0 bridgehead atoms. The van der Waals surface area contributed by atoms with Gasteiger partial charge in [0.25, 0.3) is 5.91 Å². The van der Waals surface area contributed by atoms with Crippen molar-refractivity contribution in [2.75, 3.05) is 18.8 Å². The molecule has 1 heterocycles. The third kappa shape index (κ3) is 3.50. The number of amides is 1. The average molecular weight is 406 g/mol. The largest absolute Gasteiger partial charge is 0.399 e. The van der Waals surface area contributed by atoms with Crippen molar-refractivity contribution in [3.63, 3.8) is 0 Å². The first-order chi connectivity index (χ1) is 14.6. The summed E-state index contributed by atoms with van der Waals surface area (Å²) in [5, 5.41) is 14.9. The van der Waals surface area contributed by atoms with Gasteiger partial charge in [-0.25, -0.2) is 0 Å². The van der Waals surface area contributed by atoms with Gasteiger partial charge in [-0.05, 0) is 47.9 Å². The number of nitrogens with zero attached hydrogens (tertiary/aromatic N) is 1. The predicted molar refractivity (Wildman–Crippen MR) is 117 cm³/mol. The SMILES string of the molecule is Nc1cccc(CN2CC3C(NC(=O)C(O)(c4ccccc4)C4CCCC4)[C@H]3C2)c1. The molecule has 2 aliphatic carbocycles. The minimum atomic E-state index is -1.42. The van der Waals surface area contributed by atoms with Crippen LogP contribution in [-0.2, 0) is 16.9 Å². The van der Waals surface area contributed by atoms with Crippen molar-refractivity contribution in [3.8, 4) is 0 Å². The van der Waals surface area contributed by atoms with E-state index < -0.39 is 5.60 Å². The molecule has 1 saturated heterocycles. The van der Waals surface area contributed by atoms with Gasteiger partial charge in [-0.15, -0.1) is 0 Å². The highest BCUT2D eigenvalue weighted by Gasteiger charge is 2.58. The lowest BCUT2D eigenvalue weighted by atomic mass is 9.79. The van der Waals surface area contributed by atoms with Gasteiger partial charge in [0, 0.05) is 37.3 Å². The molecule has 2 saturated carbocycles. The van der Waals surface area contributed by atoms with Crippen LogP contribution in [-0.4, -0.2) is 35.0 Å². The highest BCUT2D eigenvalue weighted by molar-refractivity contribution is 5.87. The van der Waals surface area contributed by atoms with Crippen LogP contribution in [0.1, 0.15) is 36.8 Å². The van der Waals surface area contributed by atoms with Gasteiger partial charge in [0.15, 0.2) is 5.60 Å². The van der Waals surface area contributed by atoms with E-state index in [0.29, 0.717) is 11.8 Å². The van der Waals surface area contributed by atoms with Crippen LogP contribution < -0.4 is 11.1 Å². The molecular formula is C25H31N3O2. The van der Waals surface area contributed by atoms with Crippen LogP contribution in [0, 0.1) is 17.8 Å². The molecule has 4 atom stereocenters. The molecule has 2 aromatic carbocycles. The van der Waals surface area contributed by atoms with E-state index in [-0.39, 0.29) is 17.9 Å². The fourth-order valence-electron chi connectivity index (χ4n) is 5.76. The summed E-state index contributed by atoms with van der Waals surface area (Å²) in [6.07, 6.45) is 3.98. The Labute approximate surface area is 178 Å². The Morgan fingerprint density at radius 1 is 1.07 bits per heavy atom. The standard InChI is InChI=1S/C25H31N3O2/c26-20-12-6-7-17(13-20)14-28-15-21-22(16-28)23(21)27-24(29)25(30,19-10-4-5-11-19)18-8-2-1-3-9-18/h1-3,6-9,12-13,19,21-23,30H,4-5,10-11,14-16,26H2,(H,27,29)/t21-,22?,23?,25?/m0/s1. The van der Waals surface area contributed by atoms with Crippen molar-refractivity contribution >= 4 is 11.6 Å². The fraction of sp³-hybridized carbons (Fsp3) is 0.480. The monoisotopic (exact) mass is 405 g/mol. The Hall–Kier alpha value is -2.37. The summed E-state index contributed by atoms with van der Waals surface area (Å²) in [5.74, 6) is 0.762. The summed E-state index contributed by atoms with van der Waals surface area (Å²) in [4.78, 5) is 15.8. The van der Waals surface area contributed by atoms with Gasteiger partial charge in [-0.3, -0.25) is 9.69 Å². The molecule has 30 heavy (non-hydrogen) atoms. The van der Waals surface area contributed by atoms with E-state index in [0.717, 1.165) is 56.6 Å².